The van der Waals surface area contributed by atoms with E-state index in [1.54, 1.807) is 19.4 Å². The maximum Gasteiger partial charge on any atom is 0.270 e. The molecule has 1 aromatic heterocycles. The molecule has 6 nitrogen and oxygen atoms in total. The standard InChI is InChI=1S/C16H23N3O3/c1-22-11-10-18-9-6-16(15(18)21)5-3-8-19(12-16)14(20)13-4-2-7-17-13/h2,4,7,17H,3,5-6,8-12H2,1H3/t16-/m0/s1. The quantitative estimate of drug-likeness (QED) is 0.906. The first kappa shape index (κ1) is 15.1. The molecule has 1 aromatic rings. The Kier molecular flexibility index (Phi) is 4.20. The van der Waals surface area contributed by atoms with Crippen molar-refractivity contribution >= 4 is 11.8 Å². The molecule has 0 saturated carbocycles. The van der Waals surface area contributed by atoms with Gasteiger partial charge in [0, 0.05) is 39.5 Å². The van der Waals surface area contributed by atoms with Crippen molar-refractivity contribution in [3.63, 3.8) is 0 Å². The fourth-order valence-electron chi connectivity index (χ4n) is 3.63. The van der Waals surface area contributed by atoms with Crippen molar-refractivity contribution in [1.82, 2.24) is 14.8 Å². The lowest BCUT2D eigenvalue weighted by Crippen LogP contribution is -2.50. The Balaban J connectivity index is 1.70. The maximum absolute atomic E-state index is 12.8. The molecule has 0 unspecified atom stereocenters. The van der Waals surface area contributed by atoms with Gasteiger partial charge in [0.25, 0.3) is 5.91 Å². The number of aromatic amines is 1. The van der Waals surface area contributed by atoms with Crippen LogP contribution in [0, 0.1) is 5.41 Å². The minimum atomic E-state index is -0.381. The number of aromatic nitrogens is 1. The number of ether oxygens (including phenoxy) is 1. The Morgan fingerprint density at radius 2 is 2.27 bits per heavy atom. The highest BCUT2D eigenvalue weighted by molar-refractivity contribution is 5.93. The summed E-state index contributed by atoms with van der Waals surface area (Å²) in [6.07, 6.45) is 4.35. The topological polar surface area (TPSA) is 65.6 Å². The molecule has 2 aliphatic heterocycles. The van der Waals surface area contributed by atoms with Crippen LogP contribution in [0.3, 0.4) is 0 Å². The van der Waals surface area contributed by atoms with Gasteiger partial charge in [-0.3, -0.25) is 9.59 Å². The van der Waals surface area contributed by atoms with Gasteiger partial charge in [-0.05, 0) is 31.4 Å². The smallest absolute Gasteiger partial charge is 0.270 e. The molecule has 2 amide bonds. The van der Waals surface area contributed by atoms with Crippen LogP contribution >= 0.6 is 0 Å². The van der Waals surface area contributed by atoms with Crippen molar-refractivity contribution in [3.05, 3.63) is 24.0 Å². The van der Waals surface area contributed by atoms with Gasteiger partial charge in [-0.2, -0.15) is 0 Å². The van der Waals surface area contributed by atoms with Crippen LogP contribution in [-0.4, -0.2) is 66.5 Å². The average Bonchev–Trinajstić information content (AvgIpc) is 3.16. The molecule has 2 aliphatic rings. The Morgan fingerprint density at radius 1 is 1.41 bits per heavy atom. The summed E-state index contributed by atoms with van der Waals surface area (Å²) in [6, 6.07) is 3.60. The van der Waals surface area contributed by atoms with Gasteiger partial charge in [-0.15, -0.1) is 0 Å². The van der Waals surface area contributed by atoms with Crippen molar-refractivity contribution in [3.8, 4) is 0 Å². The molecule has 0 radical (unpaired) electrons. The Hall–Kier alpha value is -1.82. The minimum Gasteiger partial charge on any atom is -0.383 e. The zero-order chi connectivity index (χ0) is 15.6. The van der Waals surface area contributed by atoms with E-state index in [0.717, 1.165) is 32.4 Å². The van der Waals surface area contributed by atoms with Crippen LogP contribution in [0.25, 0.3) is 0 Å². The van der Waals surface area contributed by atoms with Gasteiger partial charge in [-0.25, -0.2) is 0 Å². The first-order valence-corrected chi connectivity index (χ1v) is 7.87. The van der Waals surface area contributed by atoms with E-state index in [1.807, 2.05) is 15.9 Å². The van der Waals surface area contributed by atoms with E-state index in [9.17, 15) is 9.59 Å². The van der Waals surface area contributed by atoms with Crippen LogP contribution < -0.4 is 0 Å². The van der Waals surface area contributed by atoms with Crippen molar-refractivity contribution < 1.29 is 14.3 Å². The van der Waals surface area contributed by atoms with E-state index in [-0.39, 0.29) is 17.2 Å². The van der Waals surface area contributed by atoms with E-state index in [0.29, 0.717) is 25.4 Å². The molecule has 2 fully saturated rings. The fraction of sp³-hybridized carbons (Fsp3) is 0.625. The van der Waals surface area contributed by atoms with Crippen molar-refractivity contribution in [2.45, 2.75) is 19.3 Å². The number of hydrogen-bond donors (Lipinski definition) is 1. The monoisotopic (exact) mass is 305 g/mol. The van der Waals surface area contributed by atoms with Crippen LogP contribution in [0.15, 0.2) is 18.3 Å². The molecule has 1 N–H and O–H groups in total. The second kappa shape index (κ2) is 6.12. The normalized spacial score (nSPS) is 25.2. The summed E-state index contributed by atoms with van der Waals surface area (Å²) in [6.45, 7) is 3.24. The number of piperidine rings is 1. The Labute approximate surface area is 130 Å². The van der Waals surface area contributed by atoms with Gasteiger partial charge < -0.3 is 19.5 Å². The number of nitrogens with zero attached hydrogens (tertiary/aromatic N) is 2. The largest absolute Gasteiger partial charge is 0.383 e. The number of rotatable bonds is 4. The molecule has 0 aromatic carbocycles. The Morgan fingerprint density at radius 3 is 3.00 bits per heavy atom. The van der Waals surface area contributed by atoms with Crippen LogP contribution in [0.1, 0.15) is 29.8 Å². The molecule has 0 aliphatic carbocycles. The van der Waals surface area contributed by atoms with Crippen LogP contribution in [0.2, 0.25) is 0 Å². The van der Waals surface area contributed by atoms with E-state index < -0.39 is 0 Å². The second-order valence-electron chi connectivity index (χ2n) is 6.23. The molecule has 2 saturated heterocycles. The maximum atomic E-state index is 12.8. The average molecular weight is 305 g/mol. The highest BCUT2D eigenvalue weighted by Crippen LogP contribution is 2.40. The van der Waals surface area contributed by atoms with Gasteiger partial charge in [-0.1, -0.05) is 0 Å². The number of H-pyrrole nitrogens is 1. The van der Waals surface area contributed by atoms with Crippen molar-refractivity contribution in [2.75, 3.05) is 39.9 Å². The van der Waals surface area contributed by atoms with E-state index in [4.69, 9.17) is 4.74 Å². The van der Waals surface area contributed by atoms with Crippen LogP contribution in [0.4, 0.5) is 0 Å². The number of methoxy groups -OCH3 is 1. The highest BCUT2D eigenvalue weighted by atomic mass is 16.5. The second-order valence-corrected chi connectivity index (χ2v) is 6.23. The molecular formula is C16H23N3O3. The summed E-state index contributed by atoms with van der Waals surface area (Å²) in [7, 11) is 1.65. The summed E-state index contributed by atoms with van der Waals surface area (Å²) in [4.78, 5) is 31.9. The summed E-state index contributed by atoms with van der Waals surface area (Å²) >= 11 is 0. The molecule has 1 atom stereocenters. The molecule has 120 valence electrons. The SMILES string of the molecule is COCCN1CC[C@]2(CCCN(C(=O)c3ccc[nH]3)C2)C1=O. The molecule has 3 heterocycles. The third-order valence-electron chi connectivity index (χ3n) is 4.86. The first-order chi connectivity index (χ1) is 10.7. The minimum absolute atomic E-state index is 0.00721. The lowest BCUT2D eigenvalue weighted by atomic mass is 9.78. The molecule has 0 bridgehead atoms. The molecular weight excluding hydrogens is 282 g/mol. The highest BCUT2D eigenvalue weighted by Gasteiger charge is 2.49. The zero-order valence-electron chi connectivity index (χ0n) is 13.0. The molecule has 22 heavy (non-hydrogen) atoms. The molecule has 1 spiro atoms. The van der Waals surface area contributed by atoms with Gasteiger partial charge in [0.15, 0.2) is 0 Å². The summed E-state index contributed by atoms with van der Waals surface area (Å²) in [5, 5.41) is 0. The van der Waals surface area contributed by atoms with Gasteiger partial charge in [0.05, 0.1) is 12.0 Å². The number of amides is 2. The van der Waals surface area contributed by atoms with E-state index >= 15 is 0 Å². The van der Waals surface area contributed by atoms with Gasteiger partial charge in [0.2, 0.25) is 5.91 Å². The predicted molar refractivity (Wildman–Crippen MR) is 81.4 cm³/mol. The number of hydrogen-bond acceptors (Lipinski definition) is 3. The van der Waals surface area contributed by atoms with Gasteiger partial charge >= 0.3 is 0 Å². The third-order valence-corrected chi connectivity index (χ3v) is 4.86. The van der Waals surface area contributed by atoms with Crippen LogP contribution in [0.5, 0.6) is 0 Å². The summed E-state index contributed by atoms with van der Waals surface area (Å²) in [5.74, 6) is 0.181. The lowest BCUT2D eigenvalue weighted by molar-refractivity contribution is -0.138. The number of carbonyl (C=O) groups is 2. The number of nitrogens with one attached hydrogen (secondary N) is 1. The van der Waals surface area contributed by atoms with Gasteiger partial charge in [0.1, 0.15) is 5.69 Å². The zero-order valence-corrected chi connectivity index (χ0v) is 13.0. The van der Waals surface area contributed by atoms with Crippen molar-refractivity contribution in [1.29, 1.82) is 0 Å². The van der Waals surface area contributed by atoms with Crippen molar-refractivity contribution in [2.24, 2.45) is 5.41 Å². The molecule has 3 rings (SSSR count). The summed E-state index contributed by atoms with van der Waals surface area (Å²) in [5.41, 5.74) is 0.215. The van der Waals surface area contributed by atoms with Crippen LogP contribution in [-0.2, 0) is 9.53 Å². The lowest BCUT2D eigenvalue weighted by Gasteiger charge is -2.38. The third kappa shape index (κ3) is 2.63. The first-order valence-electron chi connectivity index (χ1n) is 7.87. The summed E-state index contributed by atoms with van der Waals surface area (Å²) < 4.78 is 5.07. The van der Waals surface area contributed by atoms with E-state index in [2.05, 4.69) is 4.98 Å². The number of likely N-dealkylation sites (tertiary alicyclic amines) is 2. The predicted octanol–water partition coefficient (Wildman–Crippen LogP) is 1.12. The Bertz CT molecular complexity index is 543. The molecule has 6 heteroatoms. The fourth-order valence-corrected chi connectivity index (χ4v) is 3.63. The number of carbonyl (C=O) groups excluding carboxylic acids is 2. The van der Waals surface area contributed by atoms with E-state index in [1.165, 1.54) is 0 Å².